The summed E-state index contributed by atoms with van der Waals surface area (Å²) in [4.78, 5) is 14.6. The van der Waals surface area contributed by atoms with E-state index in [1.165, 1.54) is 0 Å². The molecule has 1 N–H and O–H groups in total. The van der Waals surface area contributed by atoms with E-state index in [2.05, 4.69) is 18.7 Å². The predicted octanol–water partition coefficient (Wildman–Crippen LogP) is 4.27. The molecule has 0 fully saturated rings. The zero-order valence-corrected chi connectivity index (χ0v) is 14.2. The van der Waals surface area contributed by atoms with Crippen molar-refractivity contribution in [2.24, 2.45) is 0 Å². The summed E-state index contributed by atoms with van der Waals surface area (Å²) in [6.45, 7) is 6.67. The van der Waals surface area contributed by atoms with E-state index >= 15 is 0 Å². The first-order chi connectivity index (χ1) is 11.7. The maximum atomic E-state index is 12.3. The molecule has 0 atom stereocenters. The number of hydrogen-bond acceptors (Lipinski definition) is 4. The maximum absolute atomic E-state index is 12.3. The highest BCUT2D eigenvalue weighted by molar-refractivity contribution is 6.05. The summed E-state index contributed by atoms with van der Waals surface area (Å²) in [5.74, 6) is 0.177. The summed E-state index contributed by atoms with van der Waals surface area (Å²) in [6, 6.07) is 10.9. The van der Waals surface area contributed by atoms with E-state index in [9.17, 15) is 9.90 Å². The van der Waals surface area contributed by atoms with Crippen molar-refractivity contribution in [2.45, 2.75) is 33.2 Å². The number of aromatic hydroxyl groups is 1. The average molecular weight is 325 g/mol. The molecule has 24 heavy (non-hydrogen) atoms. The Hall–Kier alpha value is -2.33. The van der Waals surface area contributed by atoms with Gasteiger partial charge in [-0.05, 0) is 43.1 Å². The summed E-state index contributed by atoms with van der Waals surface area (Å²) < 4.78 is 5.59. The summed E-state index contributed by atoms with van der Waals surface area (Å²) in [5.41, 5.74) is 0.823. The van der Waals surface area contributed by atoms with Crippen LogP contribution in [0.3, 0.4) is 0 Å². The lowest BCUT2D eigenvalue weighted by atomic mass is 10.0. The fraction of sp³-hybridized carbons (Fsp3) is 0.350. The quantitative estimate of drug-likeness (QED) is 0.543. The Morgan fingerprint density at radius 2 is 1.79 bits per heavy atom. The Labute approximate surface area is 141 Å². The van der Waals surface area contributed by atoms with Crippen molar-refractivity contribution >= 4 is 21.7 Å². The first-order valence-electron chi connectivity index (χ1n) is 8.54. The highest BCUT2D eigenvalue weighted by atomic mass is 16.4. The van der Waals surface area contributed by atoms with Crippen molar-refractivity contribution in [1.82, 2.24) is 4.90 Å². The van der Waals surface area contributed by atoms with E-state index in [4.69, 9.17) is 4.42 Å². The molecule has 0 saturated carbocycles. The van der Waals surface area contributed by atoms with Crippen molar-refractivity contribution in [3.05, 3.63) is 52.4 Å². The largest absolute Gasteiger partial charge is 0.507 e. The molecule has 0 aliphatic heterocycles. The Balaban J connectivity index is 2.17. The second-order valence-electron chi connectivity index (χ2n) is 6.10. The molecule has 4 nitrogen and oxygen atoms in total. The van der Waals surface area contributed by atoms with Gasteiger partial charge in [0, 0.05) is 11.9 Å². The van der Waals surface area contributed by atoms with Gasteiger partial charge in [0.2, 0.25) is 0 Å². The third-order valence-electron chi connectivity index (χ3n) is 4.52. The van der Waals surface area contributed by atoms with Crippen molar-refractivity contribution in [2.75, 3.05) is 13.1 Å². The minimum Gasteiger partial charge on any atom is -0.507 e. The number of unbranched alkanes of at least 4 members (excludes halogenated alkanes) is 1. The Morgan fingerprint density at radius 3 is 2.50 bits per heavy atom. The molecule has 126 valence electrons. The van der Waals surface area contributed by atoms with Gasteiger partial charge < -0.3 is 9.52 Å². The third kappa shape index (κ3) is 3.02. The van der Waals surface area contributed by atoms with Gasteiger partial charge in [-0.1, -0.05) is 38.5 Å². The number of phenolic OH excluding ortho intramolecular Hbond substituents is 1. The smallest absolute Gasteiger partial charge is 0.344 e. The molecule has 0 saturated heterocycles. The molecule has 2 aromatic carbocycles. The Morgan fingerprint density at radius 1 is 1.04 bits per heavy atom. The lowest BCUT2D eigenvalue weighted by molar-refractivity contribution is 0.271. The summed E-state index contributed by atoms with van der Waals surface area (Å²) in [5, 5.41) is 12.6. The van der Waals surface area contributed by atoms with Crippen LogP contribution < -0.4 is 5.63 Å². The number of phenols is 1. The molecule has 0 radical (unpaired) electrons. The van der Waals surface area contributed by atoms with Gasteiger partial charge in [-0.2, -0.15) is 0 Å². The van der Waals surface area contributed by atoms with E-state index < -0.39 is 0 Å². The number of benzene rings is 2. The molecule has 0 bridgehead atoms. The number of rotatable bonds is 6. The zero-order chi connectivity index (χ0) is 17.1. The van der Waals surface area contributed by atoms with E-state index in [1.807, 2.05) is 24.3 Å². The SMILES string of the molecule is CCCCN(CC)Cc1c(O)ccc2c1oc(=O)c1ccccc12. The van der Waals surface area contributed by atoms with E-state index in [0.717, 1.165) is 36.7 Å². The van der Waals surface area contributed by atoms with Crippen LogP contribution >= 0.6 is 0 Å². The third-order valence-corrected chi connectivity index (χ3v) is 4.52. The van der Waals surface area contributed by atoms with Crippen LogP contribution in [0.4, 0.5) is 0 Å². The van der Waals surface area contributed by atoms with Crippen LogP contribution in [0.25, 0.3) is 21.7 Å². The molecule has 0 amide bonds. The zero-order valence-electron chi connectivity index (χ0n) is 14.2. The highest BCUT2D eigenvalue weighted by Crippen LogP contribution is 2.31. The van der Waals surface area contributed by atoms with Gasteiger partial charge in [0.1, 0.15) is 11.3 Å². The number of nitrogens with zero attached hydrogens (tertiary/aromatic N) is 1. The molecular formula is C20H23NO3. The van der Waals surface area contributed by atoms with Crippen LogP contribution in [0.5, 0.6) is 5.75 Å². The Kier molecular flexibility index (Phi) is 4.86. The summed E-state index contributed by atoms with van der Waals surface area (Å²) >= 11 is 0. The van der Waals surface area contributed by atoms with E-state index in [-0.39, 0.29) is 11.4 Å². The molecular weight excluding hydrogens is 302 g/mol. The van der Waals surface area contributed by atoms with Crippen molar-refractivity contribution in [1.29, 1.82) is 0 Å². The molecule has 1 aromatic heterocycles. The maximum Gasteiger partial charge on any atom is 0.344 e. The van der Waals surface area contributed by atoms with Crippen LogP contribution in [0.2, 0.25) is 0 Å². The summed E-state index contributed by atoms with van der Waals surface area (Å²) in [6.07, 6.45) is 2.23. The van der Waals surface area contributed by atoms with Crippen LogP contribution in [0.15, 0.2) is 45.6 Å². The fourth-order valence-electron chi connectivity index (χ4n) is 3.10. The molecule has 3 rings (SSSR count). The van der Waals surface area contributed by atoms with Gasteiger partial charge >= 0.3 is 5.63 Å². The van der Waals surface area contributed by atoms with Crippen molar-refractivity contribution in [3.63, 3.8) is 0 Å². The van der Waals surface area contributed by atoms with Gasteiger partial charge in [0.15, 0.2) is 0 Å². The first-order valence-corrected chi connectivity index (χ1v) is 8.54. The van der Waals surface area contributed by atoms with Gasteiger partial charge in [0.05, 0.1) is 10.9 Å². The number of fused-ring (bicyclic) bond motifs is 3. The summed E-state index contributed by atoms with van der Waals surface area (Å²) in [7, 11) is 0. The van der Waals surface area contributed by atoms with Crippen LogP contribution in [-0.4, -0.2) is 23.1 Å². The minimum absolute atomic E-state index is 0.177. The van der Waals surface area contributed by atoms with Crippen molar-refractivity contribution in [3.8, 4) is 5.75 Å². The van der Waals surface area contributed by atoms with Gasteiger partial charge in [0.25, 0.3) is 0 Å². The number of hydrogen-bond donors (Lipinski definition) is 1. The molecule has 0 unspecified atom stereocenters. The Bertz CT molecular complexity index is 914. The molecule has 0 aliphatic rings. The van der Waals surface area contributed by atoms with Gasteiger partial charge in [-0.15, -0.1) is 0 Å². The van der Waals surface area contributed by atoms with Gasteiger partial charge in [-0.25, -0.2) is 4.79 Å². The van der Waals surface area contributed by atoms with Crippen molar-refractivity contribution < 1.29 is 9.52 Å². The van der Waals surface area contributed by atoms with Crippen LogP contribution in [0.1, 0.15) is 32.3 Å². The highest BCUT2D eigenvalue weighted by Gasteiger charge is 2.16. The molecule has 3 aromatic rings. The lowest BCUT2D eigenvalue weighted by Crippen LogP contribution is -2.24. The van der Waals surface area contributed by atoms with E-state index in [1.54, 1.807) is 12.1 Å². The van der Waals surface area contributed by atoms with Crippen LogP contribution in [0, 0.1) is 0 Å². The molecule has 0 spiro atoms. The topological polar surface area (TPSA) is 53.7 Å². The average Bonchev–Trinajstić information content (AvgIpc) is 2.60. The normalized spacial score (nSPS) is 11.6. The second kappa shape index (κ2) is 7.05. The fourth-order valence-corrected chi connectivity index (χ4v) is 3.10. The first kappa shape index (κ1) is 16.5. The van der Waals surface area contributed by atoms with E-state index in [0.29, 0.717) is 23.1 Å². The van der Waals surface area contributed by atoms with Gasteiger partial charge in [-0.3, -0.25) is 4.90 Å². The molecule has 4 heteroatoms. The monoisotopic (exact) mass is 325 g/mol. The molecule has 1 heterocycles. The lowest BCUT2D eigenvalue weighted by Gasteiger charge is -2.21. The van der Waals surface area contributed by atoms with Crippen LogP contribution in [-0.2, 0) is 6.54 Å². The predicted molar refractivity (Wildman–Crippen MR) is 97.5 cm³/mol. The molecule has 0 aliphatic carbocycles. The second-order valence-corrected chi connectivity index (χ2v) is 6.10. The standard InChI is InChI=1S/C20H23NO3/c1-3-5-12-21(4-2)13-17-18(22)11-10-15-14-8-6-7-9-16(14)20(23)24-19(15)17/h6-11,22H,3-5,12-13H2,1-2H3. The minimum atomic E-state index is -0.360.